The van der Waals surface area contributed by atoms with Crippen molar-refractivity contribution >= 4 is 46.5 Å². The lowest BCUT2D eigenvalue weighted by atomic mass is 9.86. The molecule has 1 aliphatic heterocycles. The second kappa shape index (κ2) is 10.3. The van der Waals surface area contributed by atoms with Crippen LogP contribution in [0.4, 0.5) is 5.69 Å². The van der Waals surface area contributed by atoms with Crippen LogP contribution >= 0.6 is 23.2 Å². The maximum Gasteiger partial charge on any atom is 0.251 e. The van der Waals surface area contributed by atoms with Crippen LogP contribution in [-0.4, -0.2) is 24.7 Å². The second-order valence-electron chi connectivity index (χ2n) is 7.98. The van der Waals surface area contributed by atoms with E-state index < -0.39 is 5.92 Å². The zero-order chi connectivity index (χ0) is 24.2. The van der Waals surface area contributed by atoms with E-state index in [1.54, 1.807) is 31.4 Å². The normalized spacial score (nSPS) is 14.9. The molecule has 0 saturated carbocycles. The summed E-state index contributed by atoms with van der Waals surface area (Å²) in [4.78, 5) is 38.4. The van der Waals surface area contributed by atoms with Crippen molar-refractivity contribution in [2.45, 2.75) is 19.4 Å². The minimum absolute atomic E-state index is 0.302. The molecule has 1 unspecified atom stereocenters. The summed E-state index contributed by atoms with van der Waals surface area (Å²) in [7, 11) is 1.59. The predicted octanol–water partition coefficient (Wildman–Crippen LogP) is 5.32. The molecule has 2 amide bonds. The third-order valence-corrected chi connectivity index (χ3v) is 6.49. The molecule has 1 heterocycles. The number of halogens is 2. The fraction of sp³-hybridized carbons (Fsp3) is 0.192. The van der Waals surface area contributed by atoms with Gasteiger partial charge in [-0.3, -0.25) is 14.4 Å². The lowest BCUT2D eigenvalue weighted by Gasteiger charge is -2.24. The number of hydrogen-bond donors (Lipinski definition) is 2. The number of hydrogen-bond acceptors (Lipinski definition) is 4. The molecule has 2 N–H and O–H groups in total. The molecule has 174 valence electrons. The zero-order valence-electron chi connectivity index (χ0n) is 18.4. The summed E-state index contributed by atoms with van der Waals surface area (Å²) in [6, 6.07) is 17.3. The predicted molar refractivity (Wildman–Crippen MR) is 132 cm³/mol. The first-order valence-electron chi connectivity index (χ1n) is 10.7. The molecule has 6 nitrogen and oxygen atoms in total. The van der Waals surface area contributed by atoms with E-state index in [0.29, 0.717) is 46.2 Å². The van der Waals surface area contributed by atoms with E-state index in [9.17, 15) is 14.4 Å². The molecule has 3 aromatic carbocycles. The van der Waals surface area contributed by atoms with Crippen molar-refractivity contribution in [1.82, 2.24) is 5.32 Å². The van der Waals surface area contributed by atoms with E-state index in [0.717, 1.165) is 16.9 Å². The van der Waals surface area contributed by atoms with Crippen molar-refractivity contribution in [3.05, 3.63) is 93.0 Å². The first-order chi connectivity index (χ1) is 16.4. The van der Waals surface area contributed by atoms with Gasteiger partial charge in [-0.15, -0.1) is 0 Å². The van der Waals surface area contributed by atoms with Crippen molar-refractivity contribution < 1.29 is 19.1 Å². The van der Waals surface area contributed by atoms with Crippen LogP contribution in [-0.2, 0) is 17.8 Å². The van der Waals surface area contributed by atoms with Crippen LogP contribution in [0.25, 0.3) is 0 Å². The summed E-state index contributed by atoms with van der Waals surface area (Å²) in [6.45, 7) is 0.330. The zero-order valence-corrected chi connectivity index (χ0v) is 19.9. The molecule has 8 heteroatoms. The van der Waals surface area contributed by atoms with Gasteiger partial charge in [0.2, 0.25) is 5.91 Å². The molecule has 0 fully saturated rings. The number of fused-ring (bicyclic) bond motifs is 1. The van der Waals surface area contributed by atoms with Crippen molar-refractivity contribution in [1.29, 1.82) is 0 Å². The maximum atomic E-state index is 13.1. The fourth-order valence-electron chi connectivity index (χ4n) is 3.82. The highest BCUT2D eigenvalue weighted by molar-refractivity contribution is 6.42. The minimum Gasteiger partial charge on any atom is -0.497 e. The maximum absolute atomic E-state index is 13.1. The number of benzene rings is 3. The Morgan fingerprint density at radius 1 is 0.971 bits per heavy atom. The molecular formula is C26H22Cl2N2O4. The quantitative estimate of drug-likeness (QED) is 0.433. The van der Waals surface area contributed by atoms with Crippen molar-refractivity contribution in [3.63, 3.8) is 0 Å². The molecule has 34 heavy (non-hydrogen) atoms. The number of Topliss-reactive ketones (excluding diaryl/α,β-unsaturated/α-hetero) is 1. The highest BCUT2D eigenvalue weighted by Crippen LogP contribution is 2.30. The molecule has 1 aliphatic rings. The van der Waals surface area contributed by atoms with Gasteiger partial charge < -0.3 is 15.4 Å². The van der Waals surface area contributed by atoms with E-state index >= 15 is 0 Å². The van der Waals surface area contributed by atoms with Crippen LogP contribution < -0.4 is 15.4 Å². The number of carbonyl (C=O) groups excluding carboxylic acids is 3. The summed E-state index contributed by atoms with van der Waals surface area (Å²) < 4.78 is 5.14. The van der Waals surface area contributed by atoms with Crippen LogP contribution in [0.15, 0.2) is 60.7 Å². The van der Waals surface area contributed by atoms with Gasteiger partial charge in [0, 0.05) is 17.7 Å². The molecule has 0 radical (unpaired) electrons. The third-order valence-electron chi connectivity index (χ3n) is 5.76. The Morgan fingerprint density at radius 2 is 1.71 bits per heavy atom. The molecule has 0 aromatic heterocycles. The third kappa shape index (κ3) is 5.24. The van der Waals surface area contributed by atoms with Gasteiger partial charge in [0.15, 0.2) is 5.78 Å². The highest BCUT2D eigenvalue weighted by atomic mass is 35.5. The van der Waals surface area contributed by atoms with Gasteiger partial charge >= 0.3 is 0 Å². The van der Waals surface area contributed by atoms with E-state index in [2.05, 4.69) is 10.6 Å². The van der Waals surface area contributed by atoms with Gasteiger partial charge in [-0.1, -0.05) is 41.4 Å². The highest BCUT2D eigenvalue weighted by Gasteiger charge is 2.34. The summed E-state index contributed by atoms with van der Waals surface area (Å²) >= 11 is 12.0. The standard InChI is InChI=1S/C26H22Cl2N2O4/c1-34-18-7-2-16(3-8-18)14-29-25(32)17-6-11-23-20(13-17)24(31)19(26(33)30-23)9-4-15-5-10-21(27)22(28)12-15/h2-3,5-8,10-13,19H,4,9,14H2,1H3,(H,29,32)(H,30,33). The minimum atomic E-state index is -0.848. The van der Waals surface area contributed by atoms with Crippen LogP contribution in [0, 0.1) is 5.92 Å². The van der Waals surface area contributed by atoms with Crippen molar-refractivity contribution in [2.24, 2.45) is 5.92 Å². The summed E-state index contributed by atoms with van der Waals surface area (Å²) in [5.74, 6) is -1.08. The number of methoxy groups -OCH3 is 1. The summed E-state index contributed by atoms with van der Waals surface area (Å²) in [5.41, 5.74) is 2.88. The number of anilines is 1. The van der Waals surface area contributed by atoms with Gasteiger partial charge in [0.25, 0.3) is 5.91 Å². The average Bonchev–Trinajstić information content (AvgIpc) is 2.84. The van der Waals surface area contributed by atoms with Crippen LogP contribution in [0.5, 0.6) is 5.75 Å². The summed E-state index contributed by atoms with van der Waals surface area (Å²) in [5, 5.41) is 6.50. The molecule has 4 rings (SSSR count). The topological polar surface area (TPSA) is 84.5 Å². The average molecular weight is 497 g/mol. The molecule has 3 aromatic rings. The van der Waals surface area contributed by atoms with Crippen molar-refractivity contribution in [2.75, 3.05) is 12.4 Å². The second-order valence-corrected chi connectivity index (χ2v) is 8.80. The lowest BCUT2D eigenvalue weighted by molar-refractivity contribution is -0.118. The SMILES string of the molecule is COc1ccc(CNC(=O)c2ccc3c(c2)C(=O)C(CCc2ccc(Cl)c(Cl)c2)C(=O)N3)cc1. The number of ketones is 1. The first-order valence-corrected chi connectivity index (χ1v) is 11.5. The van der Waals surface area contributed by atoms with E-state index in [1.807, 2.05) is 30.3 Å². The Hall–Kier alpha value is -3.35. The van der Waals surface area contributed by atoms with Crippen LogP contribution in [0.1, 0.15) is 38.3 Å². The van der Waals surface area contributed by atoms with Crippen molar-refractivity contribution in [3.8, 4) is 5.75 Å². The van der Waals surface area contributed by atoms with Gasteiger partial charge in [-0.2, -0.15) is 0 Å². The molecule has 0 spiro atoms. The molecule has 0 aliphatic carbocycles. The number of rotatable bonds is 7. The van der Waals surface area contributed by atoms with Crippen LogP contribution in [0.2, 0.25) is 10.0 Å². The van der Waals surface area contributed by atoms with Crippen LogP contribution in [0.3, 0.4) is 0 Å². The monoisotopic (exact) mass is 496 g/mol. The molecule has 0 saturated heterocycles. The Kier molecular flexibility index (Phi) is 7.20. The van der Waals surface area contributed by atoms with Gasteiger partial charge in [-0.05, 0) is 66.4 Å². The Balaban J connectivity index is 1.44. The fourth-order valence-corrected chi connectivity index (χ4v) is 4.14. The number of amides is 2. The van der Waals surface area contributed by atoms with Gasteiger partial charge in [0.1, 0.15) is 11.7 Å². The van der Waals surface area contributed by atoms with Gasteiger partial charge in [0.05, 0.1) is 22.8 Å². The van der Waals surface area contributed by atoms with E-state index in [-0.39, 0.29) is 17.6 Å². The van der Waals surface area contributed by atoms with E-state index in [4.69, 9.17) is 27.9 Å². The number of ether oxygens (including phenoxy) is 1. The molecule has 1 atom stereocenters. The summed E-state index contributed by atoms with van der Waals surface area (Å²) in [6.07, 6.45) is 0.800. The van der Waals surface area contributed by atoms with Gasteiger partial charge in [-0.25, -0.2) is 0 Å². The molecular weight excluding hydrogens is 475 g/mol. The lowest BCUT2D eigenvalue weighted by Crippen LogP contribution is -2.36. The number of nitrogens with one attached hydrogen (secondary N) is 2. The Bertz CT molecular complexity index is 1260. The van der Waals surface area contributed by atoms with E-state index in [1.165, 1.54) is 6.07 Å². The number of carbonyl (C=O) groups is 3. The Labute approximate surface area is 207 Å². The largest absolute Gasteiger partial charge is 0.497 e. The first kappa shape index (κ1) is 23.8. The number of aryl methyl sites for hydroxylation is 1. The molecule has 0 bridgehead atoms. The smallest absolute Gasteiger partial charge is 0.251 e. The Morgan fingerprint density at radius 3 is 2.41 bits per heavy atom.